The van der Waals surface area contributed by atoms with Crippen LogP contribution >= 0.6 is 0 Å². The highest BCUT2D eigenvalue weighted by molar-refractivity contribution is 5.33. The molecule has 0 radical (unpaired) electrons. The molecule has 0 atom stereocenters. The van der Waals surface area contributed by atoms with E-state index in [1.54, 1.807) is 6.07 Å². The van der Waals surface area contributed by atoms with Gasteiger partial charge in [0, 0.05) is 0 Å². The van der Waals surface area contributed by atoms with Crippen molar-refractivity contribution < 1.29 is 13.6 Å². The van der Waals surface area contributed by atoms with Crippen molar-refractivity contribution in [2.45, 2.75) is 71.6 Å². The van der Waals surface area contributed by atoms with Gasteiger partial charge in [0.25, 0.3) is 0 Å². The molecule has 1 aliphatic rings. The molecule has 1 aliphatic heterocycles. The van der Waals surface area contributed by atoms with E-state index < -0.39 is 0 Å². The second kappa shape index (κ2) is 10.8. The third-order valence-electron chi connectivity index (χ3n) is 5.69. The fourth-order valence-electron chi connectivity index (χ4n) is 4.11. The number of para-hydroxylation sites is 1. The number of benzene rings is 1. The van der Waals surface area contributed by atoms with Gasteiger partial charge in [-0.1, -0.05) is 25.5 Å². The number of rotatable bonds is 10. The van der Waals surface area contributed by atoms with Crippen LogP contribution in [-0.4, -0.2) is 37.3 Å². The largest absolute Gasteiger partial charge is 0.490 e. The fraction of sp³-hybridized carbons (Fsp3) is 0.727. The lowest BCUT2D eigenvalue weighted by molar-refractivity contribution is -0.928. The molecule has 25 heavy (non-hydrogen) atoms. The van der Waals surface area contributed by atoms with Gasteiger partial charge in [-0.2, -0.15) is 0 Å². The number of nitrogens with zero attached hydrogens (tertiary/aromatic N) is 1. The Bertz CT molecular complexity index is 475. The van der Waals surface area contributed by atoms with Crippen molar-refractivity contribution >= 4 is 0 Å². The molecule has 0 aromatic heterocycles. The topological polar surface area (TPSA) is 9.23 Å². The SMILES string of the molecule is CCCC[N+]1(CCCCCOc2c(C)cccc2F)CCCCCC1. The summed E-state index contributed by atoms with van der Waals surface area (Å²) in [6.07, 6.45) is 11.8. The number of hydrogen-bond donors (Lipinski definition) is 0. The van der Waals surface area contributed by atoms with Gasteiger partial charge in [0.15, 0.2) is 11.6 Å². The van der Waals surface area contributed by atoms with E-state index in [2.05, 4.69) is 6.92 Å². The van der Waals surface area contributed by atoms with Crippen LogP contribution in [0, 0.1) is 12.7 Å². The van der Waals surface area contributed by atoms with Crippen molar-refractivity contribution in [1.29, 1.82) is 0 Å². The van der Waals surface area contributed by atoms with E-state index in [-0.39, 0.29) is 5.82 Å². The van der Waals surface area contributed by atoms with Crippen LogP contribution < -0.4 is 4.74 Å². The Morgan fingerprint density at radius 2 is 1.68 bits per heavy atom. The van der Waals surface area contributed by atoms with E-state index in [4.69, 9.17) is 4.74 Å². The van der Waals surface area contributed by atoms with Gasteiger partial charge in [-0.3, -0.25) is 0 Å². The Balaban J connectivity index is 1.71. The van der Waals surface area contributed by atoms with Gasteiger partial charge in [-0.05, 0) is 69.9 Å². The smallest absolute Gasteiger partial charge is 0.165 e. The molecule has 1 aromatic rings. The van der Waals surface area contributed by atoms with Crippen LogP contribution in [0.25, 0.3) is 0 Å². The number of aryl methyl sites for hydroxylation is 1. The molecule has 1 saturated heterocycles. The van der Waals surface area contributed by atoms with Crippen molar-refractivity contribution in [3.8, 4) is 5.75 Å². The van der Waals surface area contributed by atoms with Crippen LogP contribution in [-0.2, 0) is 0 Å². The first-order valence-corrected chi connectivity index (χ1v) is 10.4. The van der Waals surface area contributed by atoms with Crippen molar-refractivity contribution in [3.05, 3.63) is 29.6 Å². The summed E-state index contributed by atoms with van der Waals surface area (Å²) in [5.74, 6) is 0.190. The van der Waals surface area contributed by atoms with Crippen molar-refractivity contribution in [1.82, 2.24) is 0 Å². The van der Waals surface area contributed by atoms with E-state index in [1.807, 2.05) is 13.0 Å². The number of halogens is 1. The third-order valence-corrected chi connectivity index (χ3v) is 5.69. The van der Waals surface area contributed by atoms with E-state index in [1.165, 1.54) is 88.1 Å². The highest BCUT2D eigenvalue weighted by atomic mass is 19.1. The van der Waals surface area contributed by atoms with Gasteiger partial charge < -0.3 is 9.22 Å². The minimum absolute atomic E-state index is 0.242. The van der Waals surface area contributed by atoms with Gasteiger partial charge in [0.2, 0.25) is 0 Å². The summed E-state index contributed by atoms with van der Waals surface area (Å²) in [5.41, 5.74) is 0.883. The Morgan fingerprint density at radius 1 is 0.960 bits per heavy atom. The standard InChI is InChI=1S/C22H37FNO/c1-3-4-15-24(16-8-5-6-9-17-24)18-10-7-11-19-25-22-20(2)13-12-14-21(22)23/h12-14H,3-11,15-19H2,1-2H3/q+1. The molecule has 1 heterocycles. The molecule has 0 unspecified atom stereocenters. The number of hydrogen-bond acceptors (Lipinski definition) is 1. The van der Waals surface area contributed by atoms with Crippen LogP contribution in [0.15, 0.2) is 18.2 Å². The van der Waals surface area contributed by atoms with Crippen molar-refractivity contribution in [2.75, 3.05) is 32.8 Å². The summed E-state index contributed by atoms with van der Waals surface area (Å²) in [5, 5.41) is 0. The van der Waals surface area contributed by atoms with Crippen LogP contribution in [0.3, 0.4) is 0 Å². The maximum atomic E-state index is 13.7. The third kappa shape index (κ3) is 6.62. The molecule has 2 rings (SSSR count). The maximum Gasteiger partial charge on any atom is 0.165 e. The first-order chi connectivity index (χ1) is 12.2. The first-order valence-electron chi connectivity index (χ1n) is 10.4. The van der Waals surface area contributed by atoms with Gasteiger partial charge in [-0.15, -0.1) is 0 Å². The molecule has 0 N–H and O–H groups in total. The molecular formula is C22H37FNO+. The Labute approximate surface area is 154 Å². The number of likely N-dealkylation sites (tertiary alicyclic amines) is 1. The van der Waals surface area contributed by atoms with Gasteiger partial charge >= 0.3 is 0 Å². The lowest BCUT2D eigenvalue weighted by Crippen LogP contribution is -2.50. The molecule has 0 amide bonds. The monoisotopic (exact) mass is 350 g/mol. The highest BCUT2D eigenvalue weighted by Crippen LogP contribution is 2.23. The summed E-state index contributed by atoms with van der Waals surface area (Å²) in [6.45, 7) is 10.3. The maximum absolute atomic E-state index is 13.7. The number of quaternary nitrogens is 1. The quantitative estimate of drug-likeness (QED) is 0.378. The van der Waals surface area contributed by atoms with E-state index in [9.17, 15) is 4.39 Å². The van der Waals surface area contributed by atoms with Crippen LogP contribution in [0.5, 0.6) is 5.75 Å². The molecular weight excluding hydrogens is 313 g/mol. The number of unbranched alkanes of at least 4 members (excludes halogenated alkanes) is 3. The minimum atomic E-state index is -0.242. The van der Waals surface area contributed by atoms with E-state index >= 15 is 0 Å². The fourth-order valence-corrected chi connectivity index (χ4v) is 4.11. The van der Waals surface area contributed by atoms with E-state index in [0.717, 1.165) is 12.0 Å². The molecule has 3 heteroatoms. The molecule has 142 valence electrons. The first kappa shape index (κ1) is 20.2. The summed E-state index contributed by atoms with van der Waals surface area (Å²) < 4.78 is 20.8. The molecule has 1 aromatic carbocycles. The zero-order valence-corrected chi connectivity index (χ0v) is 16.4. The Kier molecular flexibility index (Phi) is 8.74. The lowest BCUT2D eigenvalue weighted by atomic mass is 10.1. The lowest BCUT2D eigenvalue weighted by Gasteiger charge is -2.38. The molecule has 0 spiro atoms. The Hall–Kier alpha value is -1.09. The average Bonchev–Trinajstić information content (AvgIpc) is 2.84. The average molecular weight is 351 g/mol. The molecule has 2 nitrogen and oxygen atoms in total. The second-order valence-electron chi connectivity index (χ2n) is 7.80. The highest BCUT2D eigenvalue weighted by Gasteiger charge is 2.27. The molecule has 0 bridgehead atoms. The molecule has 0 saturated carbocycles. The van der Waals surface area contributed by atoms with Gasteiger partial charge in [-0.25, -0.2) is 4.39 Å². The van der Waals surface area contributed by atoms with E-state index in [0.29, 0.717) is 12.4 Å². The van der Waals surface area contributed by atoms with Crippen molar-refractivity contribution in [2.24, 2.45) is 0 Å². The second-order valence-corrected chi connectivity index (χ2v) is 7.80. The number of ether oxygens (including phenoxy) is 1. The summed E-state index contributed by atoms with van der Waals surface area (Å²) in [7, 11) is 0. The molecule has 1 fully saturated rings. The van der Waals surface area contributed by atoms with Crippen LogP contribution in [0.4, 0.5) is 4.39 Å². The molecule has 0 aliphatic carbocycles. The van der Waals surface area contributed by atoms with Crippen LogP contribution in [0.2, 0.25) is 0 Å². The zero-order valence-electron chi connectivity index (χ0n) is 16.4. The zero-order chi connectivity index (χ0) is 18.0. The normalized spacial score (nSPS) is 17.2. The minimum Gasteiger partial charge on any atom is -0.490 e. The Morgan fingerprint density at radius 3 is 2.36 bits per heavy atom. The predicted octanol–water partition coefficient (Wildman–Crippen LogP) is 5.87. The van der Waals surface area contributed by atoms with Gasteiger partial charge in [0.1, 0.15) is 0 Å². The van der Waals surface area contributed by atoms with Crippen LogP contribution in [0.1, 0.15) is 70.3 Å². The summed E-state index contributed by atoms with van der Waals surface area (Å²) in [4.78, 5) is 0. The summed E-state index contributed by atoms with van der Waals surface area (Å²) >= 11 is 0. The predicted molar refractivity (Wildman–Crippen MR) is 104 cm³/mol. The van der Waals surface area contributed by atoms with Gasteiger partial charge in [0.05, 0.1) is 32.8 Å². The summed E-state index contributed by atoms with van der Waals surface area (Å²) in [6, 6.07) is 5.11. The van der Waals surface area contributed by atoms with Crippen molar-refractivity contribution in [3.63, 3.8) is 0 Å².